The average Bonchev–Trinajstić information content (AvgIpc) is 3.23. The van der Waals surface area contributed by atoms with Crippen LogP contribution in [0.3, 0.4) is 0 Å². The minimum atomic E-state index is -0.485. The summed E-state index contributed by atoms with van der Waals surface area (Å²) in [5.41, 5.74) is 0.453. The van der Waals surface area contributed by atoms with Crippen molar-refractivity contribution in [2.24, 2.45) is 0 Å². The molecule has 1 saturated heterocycles. The number of aliphatic hydroxyl groups is 1. The molecular weight excluding hydrogens is 404 g/mol. The van der Waals surface area contributed by atoms with Crippen LogP contribution in [0.25, 0.3) is 0 Å². The van der Waals surface area contributed by atoms with Crippen LogP contribution in [0.5, 0.6) is 0 Å². The quantitative estimate of drug-likeness (QED) is 0.467. The maximum Gasteiger partial charge on any atom is 0.351 e. The molecule has 0 bridgehead atoms. The number of hydrogen-bond acceptors (Lipinski definition) is 7. The van der Waals surface area contributed by atoms with Crippen molar-refractivity contribution in [2.75, 3.05) is 24.2 Å². The van der Waals surface area contributed by atoms with E-state index in [0.717, 1.165) is 32.4 Å². The first kappa shape index (κ1) is 22.5. The molecule has 1 aliphatic rings. The molecule has 2 aromatic rings. The minimum Gasteiger partial charge on any atom is -0.393 e. The second kappa shape index (κ2) is 11.8. The minimum absolute atomic E-state index is 0.0967. The van der Waals surface area contributed by atoms with Crippen molar-refractivity contribution in [1.82, 2.24) is 14.9 Å². The van der Waals surface area contributed by atoms with Gasteiger partial charge in [-0.25, -0.2) is 4.79 Å². The van der Waals surface area contributed by atoms with Crippen molar-refractivity contribution < 1.29 is 14.6 Å². The summed E-state index contributed by atoms with van der Waals surface area (Å²) in [5, 5.41) is 15.2. The van der Waals surface area contributed by atoms with Gasteiger partial charge in [-0.2, -0.15) is 4.98 Å². The van der Waals surface area contributed by atoms with Gasteiger partial charge in [0.25, 0.3) is 0 Å². The molecule has 0 aliphatic carbocycles. The lowest BCUT2D eigenvalue weighted by Crippen LogP contribution is -2.29. The summed E-state index contributed by atoms with van der Waals surface area (Å²) < 4.78 is 6.94. The summed E-state index contributed by atoms with van der Waals surface area (Å²) in [6, 6.07) is 11.8. The molecule has 0 saturated carbocycles. The number of benzene rings is 1. The molecule has 1 aromatic carbocycles. The zero-order chi connectivity index (χ0) is 21.2. The van der Waals surface area contributed by atoms with Crippen molar-refractivity contribution in [3.8, 4) is 0 Å². The van der Waals surface area contributed by atoms with Crippen LogP contribution < -0.4 is 16.3 Å². The fourth-order valence-electron chi connectivity index (χ4n) is 3.13. The topological polar surface area (TPSA) is 105 Å². The number of anilines is 1. The molecule has 1 aromatic heterocycles. The molecule has 0 radical (unpaired) electrons. The Hall–Kier alpha value is -2.20. The highest BCUT2D eigenvalue weighted by atomic mass is 32.2. The van der Waals surface area contributed by atoms with Crippen LogP contribution in [-0.4, -0.2) is 44.9 Å². The summed E-state index contributed by atoms with van der Waals surface area (Å²) in [7, 11) is 0. The number of thioether (sulfide) groups is 1. The normalized spacial score (nSPS) is 18.4. The van der Waals surface area contributed by atoms with Crippen LogP contribution in [0.2, 0.25) is 0 Å². The van der Waals surface area contributed by atoms with Crippen LogP contribution in [0.4, 0.5) is 5.82 Å². The Morgan fingerprint density at radius 1 is 1.23 bits per heavy atom. The highest BCUT2D eigenvalue weighted by Crippen LogP contribution is 2.30. The summed E-state index contributed by atoms with van der Waals surface area (Å²) in [5.74, 6) is 0.665. The SMILES string of the molecule is O=C(CCCCCNCc1ccccc1)Nc1ccn([C@H]2CS[C@@H](CO)O2)c(=O)n1. The Morgan fingerprint density at radius 2 is 2.07 bits per heavy atom. The van der Waals surface area contributed by atoms with Crippen molar-refractivity contribution >= 4 is 23.5 Å². The maximum atomic E-state index is 12.2. The predicted molar refractivity (Wildman–Crippen MR) is 117 cm³/mol. The first-order valence-electron chi connectivity index (χ1n) is 10.2. The zero-order valence-corrected chi connectivity index (χ0v) is 17.6. The van der Waals surface area contributed by atoms with Gasteiger partial charge in [0.05, 0.1) is 6.61 Å². The number of amides is 1. The molecule has 1 amide bonds. The van der Waals surface area contributed by atoms with E-state index in [0.29, 0.717) is 12.2 Å². The van der Waals surface area contributed by atoms with Crippen LogP contribution in [0.15, 0.2) is 47.4 Å². The number of rotatable bonds is 11. The van der Waals surface area contributed by atoms with Gasteiger partial charge in [0, 0.05) is 24.9 Å². The van der Waals surface area contributed by atoms with E-state index >= 15 is 0 Å². The Balaban J connectivity index is 1.32. The Labute approximate surface area is 180 Å². The first-order valence-corrected chi connectivity index (χ1v) is 11.2. The molecule has 3 N–H and O–H groups in total. The van der Waals surface area contributed by atoms with Gasteiger partial charge in [-0.1, -0.05) is 36.8 Å². The monoisotopic (exact) mass is 432 g/mol. The number of ether oxygens (including phenoxy) is 1. The molecule has 8 nitrogen and oxygen atoms in total. The number of unbranched alkanes of at least 4 members (excludes halogenated alkanes) is 2. The molecule has 9 heteroatoms. The standard InChI is InChI=1S/C21H28N4O4S/c26-14-20-29-19(15-30-20)25-12-10-17(24-21(25)28)23-18(27)9-5-2-6-11-22-13-16-7-3-1-4-8-16/h1,3-4,7-8,10,12,19-20,22,26H,2,5-6,9,11,13-15H2,(H,23,24,27,28)/t19-,20+/m1/s1. The molecule has 0 unspecified atom stereocenters. The lowest BCUT2D eigenvalue weighted by molar-refractivity contribution is -0.116. The molecule has 0 spiro atoms. The predicted octanol–water partition coefficient (Wildman–Crippen LogP) is 2.11. The molecule has 30 heavy (non-hydrogen) atoms. The number of carbonyl (C=O) groups excluding carboxylic acids is 1. The Kier molecular flexibility index (Phi) is 8.88. The third kappa shape index (κ3) is 6.94. The fourth-order valence-corrected chi connectivity index (χ4v) is 4.06. The van der Waals surface area contributed by atoms with E-state index in [1.165, 1.54) is 21.9 Å². The van der Waals surface area contributed by atoms with E-state index < -0.39 is 11.9 Å². The van der Waals surface area contributed by atoms with Gasteiger partial charge in [-0.15, -0.1) is 11.8 Å². The zero-order valence-electron chi connectivity index (χ0n) is 16.8. The van der Waals surface area contributed by atoms with Gasteiger partial charge in [-0.3, -0.25) is 9.36 Å². The number of aromatic nitrogens is 2. The van der Waals surface area contributed by atoms with Crippen LogP contribution in [0, 0.1) is 0 Å². The second-order valence-electron chi connectivity index (χ2n) is 7.06. The van der Waals surface area contributed by atoms with Gasteiger partial charge >= 0.3 is 5.69 Å². The van der Waals surface area contributed by atoms with Crippen LogP contribution >= 0.6 is 11.8 Å². The highest BCUT2D eigenvalue weighted by Gasteiger charge is 2.27. The van der Waals surface area contributed by atoms with Gasteiger partial charge in [-0.05, 0) is 31.0 Å². The summed E-state index contributed by atoms with van der Waals surface area (Å²) >= 11 is 1.45. The lowest BCUT2D eigenvalue weighted by Gasteiger charge is -2.14. The van der Waals surface area contributed by atoms with Gasteiger partial charge in [0.15, 0.2) is 0 Å². The first-order chi connectivity index (χ1) is 14.7. The lowest BCUT2D eigenvalue weighted by atomic mass is 10.2. The summed E-state index contributed by atoms with van der Waals surface area (Å²) in [6.07, 6.45) is 4.24. The van der Waals surface area contributed by atoms with Crippen LogP contribution in [-0.2, 0) is 16.1 Å². The summed E-state index contributed by atoms with van der Waals surface area (Å²) in [4.78, 5) is 28.2. The van der Waals surface area contributed by atoms with E-state index in [2.05, 4.69) is 27.8 Å². The molecule has 1 fully saturated rings. The Bertz CT molecular complexity index is 862. The van der Waals surface area contributed by atoms with Crippen molar-refractivity contribution in [3.63, 3.8) is 0 Å². The summed E-state index contributed by atoms with van der Waals surface area (Å²) in [6.45, 7) is 1.67. The van der Waals surface area contributed by atoms with E-state index in [1.807, 2.05) is 18.2 Å². The van der Waals surface area contributed by atoms with E-state index in [4.69, 9.17) is 9.84 Å². The van der Waals surface area contributed by atoms with E-state index in [9.17, 15) is 9.59 Å². The third-order valence-corrected chi connectivity index (χ3v) is 5.83. The number of nitrogens with one attached hydrogen (secondary N) is 2. The highest BCUT2D eigenvalue weighted by molar-refractivity contribution is 8.00. The number of hydrogen-bond donors (Lipinski definition) is 3. The van der Waals surface area contributed by atoms with E-state index in [1.54, 1.807) is 12.3 Å². The van der Waals surface area contributed by atoms with Gasteiger partial charge in [0.1, 0.15) is 17.5 Å². The average molecular weight is 433 g/mol. The maximum absolute atomic E-state index is 12.2. The second-order valence-corrected chi connectivity index (χ2v) is 8.25. The van der Waals surface area contributed by atoms with E-state index in [-0.39, 0.29) is 23.8 Å². The van der Waals surface area contributed by atoms with Crippen molar-refractivity contribution in [2.45, 2.75) is 43.9 Å². The molecular formula is C21H28N4O4S. The van der Waals surface area contributed by atoms with Gasteiger partial charge in [0.2, 0.25) is 5.91 Å². The van der Waals surface area contributed by atoms with Crippen molar-refractivity contribution in [3.05, 3.63) is 58.6 Å². The smallest absolute Gasteiger partial charge is 0.351 e. The third-order valence-electron chi connectivity index (χ3n) is 4.72. The van der Waals surface area contributed by atoms with Gasteiger partial charge < -0.3 is 20.5 Å². The number of carbonyl (C=O) groups is 1. The van der Waals surface area contributed by atoms with Crippen molar-refractivity contribution in [1.29, 1.82) is 0 Å². The number of aliphatic hydroxyl groups excluding tert-OH is 1. The molecule has 2 heterocycles. The molecule has 1 aliphatic heterocycles. The van der Waals surface area contributed by atoms with Crippen LogP contribution in [0.1, 0.15) is 37.5 Å². The molecule has 162 valence electrons. The molecule has 3 rings (SSSR count). The largest absolute Gasteiger partial charge is 0.393 e. The fraction of sp³-hybridized carbons (Fsp3) is 0.476. The Morgan fingerprint density at radius 3 is 2.80 bits per heavy atom. The number of nitrogens with zero attached hydrogens (tertiary/aromatic N) is 2. The molecule has 2 atom stereocenters.